The highest BCUT2D eigenvalue weighted by Gasteiger charge is 2.31. The van der Waals surface area contributed by atoms with E-state index < -0.39 is 24.3 Å². The molecule has 4 heterocycles. The summed E-state index contributed by atoms with van der Waals surface area (Å²) in [5, 5.41) is 6.16. The van der Waals surface area contributed by atoms with Gasteiger partial charge in [-0.25, -0.2) is 22.5 Å². The molecular formula is C30H35F4N5OS. The van der Waals surface area contributed by atoms with Gasteiger partial charge in [-0.2, -0.15) is 0 Å². The molecule has 2 unspecified atom stereocenters. The predicted octanol–water partition coefficient (Wildman–Crippen LogP) is 6.11. The van der Waals surface area contributed by atoms with Crippen molar-refractivity contribution in [2.24, 2.45) is 5.92 Å². The summed E-state index contributed by atoms with van der Waals surface area (Å²) >= 11 is 1.43. The van der Waals surface area contributed by atoms with Gasteiger partial charge >= 0.3 is 0 Å². The summed E-state index contributed by atoms with van der Waals surface area (Å²) in [6, 6.07) is 9.95. The molecule has 6 nitrogen and oxygen atoms in total. The molecule has 2 fully saturated rings. The van der Waals surface area contributed by atoms with Crippen LogP contribution in [0.1, 0.15) is 47.6 Å². The van der Waals surface area contributed by atoms with Crippen LogP contribution in [0.2, 0.25) is 0 Å². The van der Waals surface area contributed by atoms with Gasteiger partial charge in [0.15, 0.2) is 4.96 Å². The normalized spacial score (nSPS) is 20.1. The molecule has 0 amide bonds. The van der Waals surface area contributed by atoms with Gasteiger partial charge in [-0.1, -0.05) is 17.4 Å². The molecule has 2 saturated heterocycles. The summed E-state index contributed by atoms with van der Waals surface area (Å²) in [7, 11) is 1.97. The second-order valence-corrected chi connectivity index (χ2v) is 11.7. The summed E-state index contributed by atoms with van der Waals surface area (Å²) in [6.45, 7) is 4.32. The van der Waals surface area contributed by atoms with Crippen LogP contribution in [0.15, 0.2) is 42.6 Å². The third kappa shape index (κ3) is 6.97. The number of imidazole rings is 1. The Balaban J connectivity index is 0.000000237. The molecule has 0 bridgehead atoms. The molecule has 220 valence electrons. The number of nitrogens with one attached hydrogen (secondary N) is 2. The number of hydrogen-bond acceptors (Lipinski definition) is 6. The summed E-state index contributed by atoms with van der Waals surface area (Å²) in [4.78, 5) is 18.6. The third-order valence-electron chi connectivity index (χ3n) is 7.87. The van der Waals surface area contributed by atoms with Gasteiger partial charge < -0.3 is 15.5 Å². The van der Waals surface area contributed by atoms with Crippen molar-refractivity contribution in [3.8, 4) is 11.3 Å². The molecule has 2 atom stereocenters. The van der Waals surface area contributed by atoms with Crippen molar-refractivity contribution in [2.45, 2.75) is 44.3 Å². The Morgan fingerprint density at radius 2 is 2.00 bits per heavy atom. The van der Waals surface area contributed by atoms with Gasteiger partial charge in [0, 0.05) is 48.9 Å². The van der Waals surface area contributed by atoms with E-state index in [1.807, 2.05) is 17.5 Å². The smallest absolute Gasteiger partial charge is 0.242 e. The van der Waals surface area contributed by atoms with E-state index in [2.05, 4.69) is 20.5 Å². The Kier molecular flexibility index (Phi) is 9.69. The number of carbonyl (C=O) groups excluding carboxylic acids is 1. The zero-order chi connectivity index (χ0) is 28.9. The van der Waals surface area contributed by atoms with Crippen LogP contribution in [0.3, 0.4) is 0 Å². The standard InChI is InChI=1S/C21H16F3N3OS.C9H19FN2/c22-15-6-12(16-7-13(8-25-16)20(23)24)2-3-14(15)17-9-27-18-4-1-11(10-28)5-19(18)29-21(27)26-17;1-11-5-2-6-12-7-3-9(10)4-8-12/h1-6,9-10,13,16,20,25H,7-8H2;9,11H,2-8H2,1H3. The van der Waals surface area contributed by atoms with Crippen molar-refractivity contribution in [1.82, 2.24) is 24.9 Å². The number of rotatable bonds is 8. The zero-order valence-electron chi connectivity index (χ0n) is 23.0. The molecule has 2 aliphatic rings. The number of aromatic nitrogens is 2. The summed E-state index contributed by atoms with van der Waals surface area (Å²) < 4.78 is 56.1. The monoisotopic (exact) mass is 589 g/mol. The maximum atomic E-state index is 14.8. The highest BCUT2D eigenvalue weighted by molar-refractivity contribution is 7.23. The number of fused-ring (bicyclic) bond motifs is 3. The van der Waals surface area contributed by atoms with E-state index >= 15 is 0 Å². The number of hydrogen-bond donors (Lipinski definition) is 2. The number of halogens is 4. The number of benzene rings is 2. The Bertz CT molecular complexity index is 1470. The van der Waals surface area contributed by atoms with Crippen LogP contribution in [-0.2, 0) is 0 Å². The van der Waals surface area contributed by atoms with Crippen LogP contribution < -0.4 is 10.6 Å². The maximum Gasteiger partial charge on any atom is 0.242 e. The summed E-state index contributed by atoms with van der Waals surface area (Å²) in [5.74, 6) is -1.13. The van der Waals surface area contributed by atoms with Crippen molar-refractivity contribution >= 4 is 32.8 Å². The molecule has 0 saturated carbocycles. The molecule has 2 N–H and O–H groups in total. The number of carbonyl (C=O) groups is 1. The Labute approximate surface area is 240 Å². The molecule has 41 heavy (non-hydrogen) atoms. The lowest BCUT2D eigenvalue weighted by Crippen LogP contribution is -2.35. The van der Waals surface area contributed by atoms with Gasteiger partial charge in [0.05, 0.1) is 15.9 Å². The lowest BCUT2D eigenvalue weighted by Gasteiger charge is -2.28. The molecule has 6 rings (SSSR count). The lowest BCUT2D eigenvalue weighted by molar-refractivity contribution is 0.0858. The summed E-state index contributed by atoms with van der Waals surface area (Å²) in [6.07, 6.45) is 2.61. The lowest BCUT2D eigenvalue weighted by atomic mass is 9.98. The number of aldehydes is 1. The van der Waals surface area contributed by atoms with Crippen molar-refractivity contribution in [3.63, 3.8) is 0 Å². The largest absolute Gasteiger partial charge is 0.320 e. The first-order valence-electron chi connectivity index (χ1n) is 14.1. The average Bonchev–Trinajstić information content (AvgIpc) is 3.69. The minimum absolute atomic E-state index is 0.238. The van der Waals surface area contributed by atoms with Crippen LogP contribution in [0, 0.1) is 11.7 Å². The van der Waals surface area contributed by atoms with Crippen LogP contribution in [-0.4, -0.2) is 72.9 Å². The van der Waals surface area contributed by atoms with Crippen LogP contribution >= 0.6 is 11.3 Å². The van der Waals surface area contributed by atoms with E-state index in [9.17, 15) is 22.4 Å². The first-order chi connectivity index (χ1) is 19.9. The molecule has 11 heteroatoms. The topological polar surface area (TPSA) is 61.7 Å². The number of likely N-dealkylation sites (tertiary alicyclic amines) is 1. The van der Waals surface area contributed by atoms with Crippen molar-refractivity contribution in [2.75, 3.05) is 39.8 Å². The second-order valence-electron chi connectivity index (χ2n) is 10.7. The third-order valence-corrected chi connectivity index (χ3v) is 8.88. The first kappa shape index (κ1) is 29.6. The van der Waals surface area contributed by atoms with Crippen LogP contribution in [0.4, 0.5) is 17.6 Å². The SMILES string of the molecule is CNCCCN1CCC(F)CC1.O=Cc1ccc2c(c1)sc1nc(-c3ccc(C4CC(C(F)F)CN4)cc3F)cn12. The summed E-state index contributed by atoms with van der Waals surface area (Å²) in [5.41, 5.74) is 3.04. The van der Waals surface area contributed by atoms with Crippen molar-refractivity contribution in [3.05, 3.63) is 59.5 Å². The maximum absolute atomic E-state index is 14.8. The highest BCUT2D eigenvalue weighted by Crippen LogP contribution is 2.34. The molecule has 0 radical (unpaired) electrons. The highest BCUT2D eigenvalue weighted by atomic mass is 32.1. The molecular weight excluding hydrogens is 554 g/mol. The fraction of sp³-hybridized carbons (Fsp3) is 0.467. The van der Waals surface area contributed by atoms with Crippen molar-refractivity contribution in [1.29, 1.82) is 0 Å². The van der Waals surface area contributed by atoms with Crippen molar-refractivity contribution < 1.29 is 22.4 Å². The minimum Gasteiger partial charge on any atom is -0.320 e. The zero-order valence-corrected chi connectivity index (χ0v) is 23.8. The van der Waals surface area contributed by atoms with E-state index in [-0.39, 0.29) is 12.6 Å². The van der Waals surface area contributed by atoms with E-state index in [1.165, 1.54) is 23.8 Å². The Morgan fingerprint density at radius 1 is 1.20 bits per heavy atom. The molecule has 4 aromatic rings. The number of nitrogens with zero attached hydrogens (tertiary/aromatic N) is 3. The fourth-order valence-electron chi connectivity index (χ4n) is 5.49. The van der Waals surface area contributed by atoms with Gasteiger partial charge in [-0.05, 0) is 81.7 Å². The molecule has 2 aromatic carbocycles. The van der Waals surface area contributed by atoms with Gasteiger partial charge in [-0.3, -0.25) is 9.20 Å². The van der Waals surface area contributed by atoms with E-state index in [0.29, 0.717) is 33.8 Å². The Morgan fingerprint density at radius 3 is 2.68 bits per heavy atom. The molecule has 0 spiro atoms. The number of piperidine rings is 1. The minimum atomic E-state index is -2.37. The molecule has 2 aliphatic heterocycles. The fourth-order valence-corrected chi connectivity index (χ4v) is 6.55. The van der Waals surface area contributed by atoms with Gasteiger partial charge in [0.1, 0.15) is 18.3 Å². The number of thiazole rings is 1. The predicted molar refractivity (Wildman–Crippen MR) is 155 cm³/mol. The van der Waals surface area contributed by atoms with Crippen LogP contribution in [0.5, 0.6) is 0 Å². The van der Waals surface area contributed by atoms with Gasteiger partial charge in [0.2, 0.25) is 6.43 Å². The number of alkyl halides is 3. The first-order valence-corrected chi connectivity index (χ1v) is 14.9. The van der Waals surface area contributed by atoms with E-state index in [1.54, 1.807) is 30.5 Å². The Hall–Kier alpha value is -2.86. The molecule has 0 aliphatic carbocycles. The average molecular weight is 590 g/mol. The van der Waals surface area contributed by atoms with E-state index in [0.717, 1.165) is 55.5 Å². The van der Waals surface area contributed by atoms with Crippen LogP contribution in [0.25, 0.3) is 26.4 Å². The van der Waals surface area contributed by atoms with Gasteiger partial charge in [-0.15, -0.1) is 0 Å². The quantitative estimate of drug-likeness (QED) is 0.148. The molecule has 2 aromatic heterocycles. The van der Waals surface area contributed by atoms with E-state index in [4.69, 9.17) is 0 Å². The van der Waals surface area contributed by atoms with Gasteiger partial charge in [0.25, 0.3) is 0 Å². The second kappa shape index (κ2) is 13.4.